The predicted octanol–water partition coefficient (Wildman–Crippen LogP) is 5.36. The van der Waals surface area contributed by atoms with Crippen LogP contribution in [0.2, 0.25) is 0 Å². The maximum Gasteiger partial charge on any atom is 0.0493 e. The molecule has 0 heterocycles. The number of hydrogen-bond acceptors (Lipinski definition) is 2. The first-order chi connectivity index (χ1) is 11.3. The Morgan fingerprint density at radius 2 is 1.13 bits per heavy atom. The Hall–Kier alpha value is -2.03. The van der Waals surface area contributed by atoms with E-state index in [-0.39, 0.29) is 11.3 Å². The monoisotopic (exact) mass is 319 g/mol. The van der Waals surface area contributed by atoms with Gasteiger partial charge in [0.25, 0.3) is 0 Å². The van der Waals surface area contributed by atoms with Crippen LogP contribution < -0.4 is 5.73 Å². The van der Waals surface area contributed by atoms with Gasteiger partial charge in [0.15, 0.2) is 0 Å². The van der Waals surface area contributed by atoms with E-state index in [4.69, 9.17) is 5.73 Å². The lowest BCUT2D eigenvalue weighted by atomic mass is 9.99. The van der Waals surface area contributed by atoms with Gasteiger partial charge < -0.3 is 5.73 Å². The summed E-state index contributed by atoms with van der Waals surface area (Å²) >= 11 is 1.91. The highest BCUT2D eigenvalue weighted by molar-refractivity contribution is 7.98. The zero-order valence-corrected chi connectivity index (χ0v) is 13.8. The smallest absolute Gasteiger partial charge is 0.0493 e. The van der Waals surface area contributed by atoms with Crippen LogP contribution in [0.5, 0.6) is 0 Å². The highest BCUT2D eigenvalue weighted by Gasteiger charge is 2.21. The summed E-state index contributed by atoms with van der Waals surface area (Å²) in [6.07, 6.45) is 0. The average molecular weight is 319 g/mol. The first kappa shape index (κ1) is 15.9. The van der Waals surface area contributed by atoms with Gasteiger partial charge in [-0.05, 0) is 16.7 Å². The fourth-order valence-corrected chi connectivity index (χ4v) is 3.94. The Bertz CT molecular complexity index is 698. The van der Waals surface area contributed by atoms with E-state index in [0.29, 0.717) is 0 Å². The van der Waals surface area contributed by atoms with Crippen molar-refractivity contribution < 1.29 is 0 Å². The molecule has 3 aromatic carbocycles. The SMILES string of the molecule is N[C@H](c1ccccc1)[C@@H](SCc1ccccc1)c1ccccc1. The molecule has 0 aliphatic carbocycles. The number of thioether (sulfide) groups is 1. The van der Waals surface area contributed by atoms with Crippen LogP contribution in [0.15, 0.2) is 91.0 Å². The Labute approximate surface area is 142 Å². The van der Waals surface area contributed by atoms with E-state index in [1.54, 1.807) is 0 Å². The first-order valence-electron chi connectivity index (χ1n) is 7.85. The van der Waals surface area contributed by atoms with E-state index < -0.39 is 0 Å². The second-order valence-corrected chi connectivity index (χ2v) is 6.69. The Kier molecular flexibility index (Phi) is 5.51. The minimum absolute atomic E-state index is 0.0210. The molecule has 0 aliphatic rings. The topological polar surface area (TPSA) is 26.0 Å². The highest BCUT2D eigenvalue weighted by Crippen LogP contribution is 2.40. The van der Waals surface area contributed by atoms with Gasteiger partial charge in [-0.2, -0.15) is 0 Å². The molecule has 0 saturated heterocycles. The molecule has 2 atom stereocenters. The van der Waals surface area contributed by atoms with Gasteiger partial charge in [-0.25, -0.2) is 0 Å². The third kappa shape index (κ3) is 4.25. The molecule has 3 aromatic rings. The summed E-state index contributed by atoms with van der Waals surface area (Å²) in [5, 5.41) is 0.235. The van der Waals surface area contributed by atoms with Crippen molar-refractivity contribution in [2.24, 2.45) is 5.73 Å². The molecular formula is C21H21NS. The summed E-state index contributed by atoms with van der Waals surface area (Å²) in [5.41, 5.74) is 10.4. The Morgan fingerprint density at radius 1 is 0.652 bits per heavy atom. The van der Waals surface area contributed by atoms with Crippen molar-refractivity contribution >= 4 is 11.8 Å². The largest absolute Gasteiger partial charge is 0.323 e. The van der Waals surface area contributed by atoms with Crippen molar-refractivity contribution in [3.8, 4) is 0 Å². The number of hydrogen-bond donors (Lipinski definition) is 1. The van der Waals surface area contributed by atoms with Crippen LogP contribution in [-0.4, -0.2) is 0 Å². The molecular weight excluding hydrogens is 298 g/mol. The summed E-state index contributed by atoms with van der Waals surface area (Å²) < 4.78 is 0. The van der Waals surface area contributed by atoms with Crippen molar-refractivity contribution in [1.29, 1.82) is 0 Å². The van der Waals surface area contributed by atoms with Crippen molar-refractivity contribution in [2.45, 2.75) is 17.0 Å². The van der Waals surface area contributed by atoms with E-state index in [9.17, 15) is 0 Å². The Morgan fingerprint density at radius 3 is 1.70 bits per heavy atom. The lowest BCUT2D eigenvalue weighted by Crippen LogP contribution is -2.18. The van der Waals surface area contributed by atoms with E-state index in [2.05, 4.69) is 84.9 Å². The molecule has 2 heteroatoms. The van der Waals surface area contributed by atoms with Gasteiger partial charge in [0.1, 0.15) is 0 Å². The number of rotatable bonds is 6. The fourth-order valence-electron chi connectivity index (χ4n) is 2.66. The first-order valence-corrected chi connectivity index (χ1v) is 8.90. The summed E-state index contributed by atoms with van der Waals surface area (Å²) in [6.45, 7) is 0. The van der Waals surface area contributed by atoms with E-state index in [1.165, 1.54) is 16.7 Å². The average Bonchev–Trinajstić information content (AvgIpc) is 2.64. The van der Waals surface area contributed by atoms with Crippen LogP contribution in [0, 0.1) is 0 Å². The van der Waals surface area contributed by atoms with Crippen LogP contribution in [-0.2, 0) is 5.75 Å². The molecule has 0 bridgehead atoms. The lowest BCUT2D eigenvalue weighted by Gasteiger charge is -2.24. The van der Waals surface area contributed by atoms with Crippen LogP contribution in [0.1, 0.15) is 28.0 Å². The molecule has 0 aliphatic heterocycles. The van der Waals surface area contributed by atoms with E-state index in [0.717, 1.165) is 5.75 Å². The third-order valence-corrected chi connectivity index (χ3v) is 5.34. The predicted molar refractivity (Wildman–Crippen MR) is 100 cm³/mol. The van der Waals surface area contributed by atoms with Crippen LogP contribution in [0.3, 0.4) is 0 Å². The fraction of sp³-hybridized carbons (Fsp3) is 0.143. The summed E-state index contributed by atoms with van der Waals surface area (Å²) in [5.74, 6) is 0.959. The molecule has 0 fully saturated rings. The lowest BCUT2D eigenvalue weighted by molar-refractivity contribution is 0.705. The molecule has 0 spiro atoms. The Balaban J connectivity index is 1.82. The van der Waals surface area contributed by atoms with Gasteiger partial charge in [-0.15, -0.1) is 11.8 Å². The van der Waals surface area contributed by atoms with Gasteiger partial charge in [-0.1, -0.05) is 91.0 Å². The molecule has 0 aromatic heterocycles. The maximum absolute atomic E-state index is 6.61. The van der Waals surface area contributed by atoms with Crippen molar-refractivity contribution in [3.63, 3.8) is 0 Å². The van der Waals surface area contributed by atoms with Gasteiger partial charge in [-0.3, -0.25) is 0 Å². The van der Waals surface area contributed by atoms with Crippen molar-refractivity contribution in [3.05, 3.63) is 108 Å². The molecule has 0 saturated carbocycles. The molecule has 2 N–H and O–H groups in total. The number of benzene rings is 3. The third-order valence-electron chi connectivity index (χ3n) is 3.91. The molecule has 1 nitrogen and oxygen atoms in total. The van der Waals surface area contributed by atoms with E-state index >= 15 is 0 Å². The van der Waals surface area contributed by atoms with Crippen LogP contribution in [0.4, 0.5) is 0 Å². The van der Waals surface area contributed by atoms with Gasteiger partial charge in [0.05, 0.1) is 0 Å². The molecule has 3 rings (SSSR count). The minimum Gasteiger partial charge on any atom is -0.323 e. The number of nitrogens with two attached hydrogens (primary N) is 1. The summed E-state index contributed by atoms with van der Waals surface area (Å²) in [4.78, 5) is 0. The van der Waals surface area contributed by atoms with Gasteiger partial charge >= 0.3 is 0 Å². The maximum atomic E-state index is 6.61. The normalized spacial score (nSPS) is 13.4. The quantitative estimate of drug-likeness (QED) is 0.662. The standard InChI is InChI=1S/C21H21NS/c22-20(18-12-6-2-7-13-18)21(19-14-8-3-9-15-19)23-16-17-10-4-1-5-11-17/h1-15,20-21H,16,22H2/t20-,21+/m1/s1. The zero-order valence-electron chi connectivity index (χ0n) is 13.0. The molecule has 23 heavy (non-hydrogen) atoms. The van der Waals surface area contributed by atoms with E-state index in [1.807, 2.05) is 17.8 Å². The molecule has 116 valence electrons. The molecule has 0 unspecified atom stereocenters. The van der Waals surface area contributed by atoms with Crippen LogP contribution >= 0.6 is 11.8 Å². The van der Waals surface area contributed by atoms with Crippen LogP contribution in [0.25, 0.3) is 0 Å². The van der Waals surface area contributed by atoms with Gasteiger partial charge in [0, 0.05) is 17.0 Å². The second-order valence-electron chi connectivity index (χ2n) is 5.56. The zero-order chi connectivity index (χ0) is 15.9. The van der Waals surface area contributed by atoms with Crippen molar-refractivity contribution in [1.82, 2.24) is 0 Å². The summed E-state index contributed by atoms with van der Waals surface area (Å²) in [6, 6.07) is 31.5. The van der Waals surface area contributed by atoms with Gasteiger partial charge in [0.2, 0.25) is 0 Å². The highest BCUT2D eigenvalue weighted by atomic mass is 32.2. The molecule has 0 radical (unpaired) electrons. The van der Waals surface area contributed by atoms with Crippen molar-refractivity contribution in [2.75, 3.05) is 0 Å². The summed E-state index contributed by atoms with van der Waals surface area (Å²) in [7, 11) is 0. The second kappa shape index (κ2) is 8.00. The minimum atomic E-state index is -0.0210. The molecule has 0 amide bonds.